The van der Waals surface area contributed by atoms with Crippen molar-refractivity contribution in [1.29, 1.82) is 0 Å². The van der Waals surface area contributed by atoms with Gasteiger partial charge in [-0.15, -0.1) is 0 Å². The van der Waals surface area contributed by atoms with Gasteiger partial charge in [-0.2, -0.15) is 0 Å². The minimum Gasteiger partial charge on any atom is -0.486 e. The van der Waals surface area contributed by atoms with Crippen molar-refractivity contribution in [2.75, 3.05) is 13.2 Å². The fourth-order valence-corrected chi connectivity index (χ4v) is 3.69. The number of benzene rings is 3. The maximum absolute atomic E-state index is 12.0. The molecule has 0 fully saturated rings. The second-order valence-corrected chi connectivity index (χ2v) is 6.88. The Hall–Kier alpha value is -3.31. The normalized spacial score (nSPS) is 15.8. The number of nitrogens with one attached hydrogen (secondary N) is 1. The average molecular weight is 373 g/mol. The standard InChI is InChI=1S/C23H19NO4/c25-22-11-16(23-18-6-2-1-5-15(18)9-10-21(23)28-22)12-24-13-17-14-26-19-7-3-4-8-20(19)27-17/h1-11,17,24H,12-14H2/t17-/m1/s1. The highest BCUT2D eigenvalue weighted by atomic mass is 16.6. The molecule has 5 heteroatoms. The maximum Gasteiger partial charge on any atom is 0.336 e. The van der Waals surface area contributed by atoms with Crippen molar-refractivity contribution in [2.24, 2.45) is 0 Å². The Morgan fingerprint density at radius 3 is 2.71 bits per heavy atom. The molecule has 1 N–H and O–H groups in total. The molecule has 5 nitrogen and oxygen atoms in total. The highest BCUT2D eigenvalue weighted by molar-refractivity contribution is 6.07. The first-order valence-corrected chi connectivity index (χ1v) is 9.31. The Morgan fingerprint density at radius 2 is 1.79 bits per heavy atom. The molecule has 0 aliphatic carbocycles. The lowest BCUT2D eigenvalue weighted by Gasteiger charge is -2.26. The Bertz CT molecular complexity index is 1210. The van der Waals surface area contributed by atoms with Crippen LogP contribution in [-0.4, -0.2) is 19.3 Å². The van der Waals surface area contributed by atoms with E-state index in [1.807, 2.05) is 48.5 Å². The minimum absolute atomic E-state index is 0.0852. The third-order valence-corrected chi connectivity index (χ3v) is 4.97. The van der Waals surface area contributed by atoms with Crippen LogP contribution in [0.4, 0.5) is 0 Å². The van der Waals surface area contributed by atoms with E-state index >= 15 is 0 Å². The molecule has 28 heavy (non-hydrogen) atoms. The van der Waals surface area contributed by atoms with Crippen LogP contribution in [0.1, 0.15) is 5.56 Å². The summed E-state index contributed by atoms with van der Waals surface area (Å²) in [4.78, 5) is 12.0. The Kier molecular flexibility index (Phi) is 4.22. The van der Waals surface area contributed by atoms with E-state index in [2.05, 4.69) is 17.4 Å². The van der Waals surface area contributed by atoms with Gasteiger partial charge in [-0.05, 0) is 34.5 Å². The summed E-state index contributed by atoms with van der Waals surface area (Å²) in [6.45, 7) is 1.64. The topological polar surface area (TPSA) is 60.7 Å². The first-order chi connectivity index (χ1) is 13.8. The lowest BCUT2D eigenvalue weighted by atomic mass is 10.0. The predicted molar refractivity (Wildman–Crippen MR) is 108 cm³/mol. The Balaban J connectivity index is 1.38. The van der Waals surface area contributed by atoms with Crippen molar-refractivity contribution < 1.29 is 13.9 Å². The highest BCUT2D eigenvalue weighted by Gasteiger charge is 2.20. The first kappa shape index (κ1) is 16.8. The second kappa shape index (κ2) is 7.02. The van der Waals surface area contributed by atoms with Crippen LogP contribution in [0.5, 0.6) is 11.5 Å². The number of hydrogen-bond acceptors (Lipinski definition) is 5. The van der Waals surface area contributed by atoms with E-state index in [-0.39, 0.29) is 11.7 Å². The lowest BCUT2D eigenvalue weighted by molar-refractivity contribution is 0.0902. The summed E-state index contributed by atoms with van der Waals surface area (Å²) >= 11 is 0. The Labute approximate surface area is 161 Å². The van der Waals surface area contributed by atoms with Gasteiger partial charge in [-0.3, -0.25) is 0 Å². The summed E-state index contributed by atoms with van der Waals surface area (Å²) in [6, 6.07) is 21.2. The van der Waals surface area contributed by atoms with Gasteiger partial charge in [0.25, 0.3) is 0 Å². The molecule has 1 aliphatic rings. The van der Waals surface area contributed by atoms with E-state index in [9.17, 15) is 4.79 Å². The third kappa shape index (κ3) is 3.10. The van der Waals surface area contributed by atoms with E-state index in [1.54, 1.807) is 6.07 Å². The van der Waals surface area contributed by atoms with Gasteiger partial charge in [0, 0.05) is 24.5 Å². The molecule has 3 aromatic carbocycles. The van der Waals surface area contributed by atoms with Crippen molar-refractivity contribution in [3.05, 3.63) is 82.7 Å². The summed E-state index contributed by atoms with van der Waals surface area (Å²) in [5.74, 6) is 1.54. The summed E-state index contributed by atoms with van der Waals surface area (Å²) in [6.07, 6.45) is -0.0852. The van der Waals surface area contributed by atoms with Crippen LogP contribution in [-0.2, 0) is 6.54 Å². The minimum atomic E-state index is -0.342. The summed E-state index contributed by atoms with van der Waals surface area (Å²) in [5.41, 5.74) is 1.18. The first-order valence-electron chi connectivity index (χ1n) is 9.31. The molecule has 0 bridgehead atoms. The van der Waals surface area contributed by atoms with Gasteiger partial charge in [0.15, 0.2) is 11.5 Å². The zero-order chi connectivity index (χ0) is 18.9. The SMILES string of the molecule is O=c1cc(CNC[C@@H]2COc3ccccc3O2)c2c(ccc3ccccc32)o1. The van der Waals surface area contributed by atoms with Crippen LogP contribution in [0, 0.1) is 0 Å². The lowest BCUT2D eigenvalue weighted by Crippen LogP contribution is -2.38. The van der Waals surface area contributed by atoms with Gasteiger partial charge in [0.2, 0.25) is 0 Å². The van der Waals surface area contributed by atoms with Crippen LogP contribution < -0.4 is 20.4 Å². The molecular formula is C23H19NO4. The molecule has 1 aromatic heterocycles. The molecule has 0 saturated carbocycles. The van der Waals surface area contributed by atoms with E-state index < -0.39 is 0 Å². The number of ether oxygens (including phenoxy) is 2. The van der Waals surface area contributed by atoms with Gasteiger partial charge < -0.3 is 19.2 Å². The predicted octanol–water partition coefficient (Wildman–Crippen LogP) is 3.88. The molecule has 2 heterocycles. The Morgan fingerprint density at radius 1 is 0.964 bits per heavy atom. The monoisotopic (exact) mass is 373 g/mol. The van der Waals surface area contributed by atoms with E-state index in [0.717, 1.165) is 33.2 Å². The van der Waals surface area contributed by atoms with E-state index in [4.69, 9.17) is 13.9 Å². The van der Waals surface area contributed by atoms with Gasteiger partial charge in [-0.25, -0.2) is 4.79 Å². The maximum atomic E-state index is 12.0. The van der Waals surface area contributed by atoms with Crippen LogP contribution in [0.15, 0.2) is 75.9 Å². The van der Waals surface area contributed by atoms with Gasteiger partial charge in [-0.1, -0.05) is 42.5 Å². The molecule has 0 saturated heterocycles. The molecule has 0 unspecified atom stereocenters. The zero-order valence-corrected chi connectivity index (χ0v) is 15.2. The number of hydrogen-bond donors (Lipinski definition) is 1. The van der Waals surface area contributed by atoms with Crippen LogP contribution >= 0.6 is 0 Å². The number of para-hydroxylation sites is 2. The molecule has 5 rings (SSSR count). The average Bonchev–Trinajstić information content (AvgIpc) is 2.73. The van der Waals surface area contributed by atoms with Crippen molar-refractivity contribution in [3.63, 3.8) is 0 Å². The molecule has 1 aliphatic heterocycles. The molecule has 140 valence electrons. The molecule has 1 atom stereocenters. The summed E-state index contributed by atoms with van der Waals surface area (Å²) in [5, 5.41) is 6.56. The second-order valence-electron chi connectivity index (χ2n) is 6.88. The highest BCUT2D eigenvalue weighted by Crippen LogP contribution is 2.31. The van der Waals surface area contributed by atoms with Crippen LogP contribution in [0.3, 0.4) is 0 Å². The number of fused-ring (bicyclic) bond motifs is 4. The van der Waals surface area contributed by atoms with Gasteiger partial charge in [0.05, 0.1) is 0 Å². The molecule has 0 amide bonds. The van der Waals surface area contributed by atoms with Crippen molar-refractivity contribution in [1.82, 2.24) is 5.32 Å². The molecule has 0 spiro atoms. The van der Waals surface area contributed by atoms with Gasteiger partial charge >= 0.3 is 5.63 Å². The third-order valence-electron chi connectivity index (χ3n) is 4.97. The molecular weight excluding hydrogens is 354 g/mol. The smallest absolute Gasteiger partial charge is 0.336 e. The molecule has 4 aromatic rings. The zero-order valence-electron chi connectivity index (χ0n) is 15.2. The van der Waals surface area contributed by atoms with Crippen molar-refractivity contribution in [2.45, 2.75) is 12.6 Å². The van der Waals surface area contributed by atoms with Crippen LogP contribution in [0.2, 0.25) is 0 Å². The quantitative estimate of drug-likeness (QED) is 0.435. The largest absolute Gasteiger partial charge is 0.486 e. The van der Waals surface area contributed by atoms with Crippen molar-refractivity contribution >= 4 is 21.7 Å². The van der Waals surface area contributed by atoms with E-state index in [0.29, 0.717) is 25.3 Å². The van der Waals surface area contributed by atoms with Crippen molar-refractivity contribution in [3.8, 4) is 11.5 Å². The summed E-state index contributed by atoms with van der Waals surface area (Å²) in [7, 11) is 0. The van der Waals surface area contributed by atoms with Gasteiger partial charge in [0.1, 0.15) is 18.3 Å². The molecule has 0 radical (unpaired) electrons. The number of rotatable bonds is 4. The van der Waals surface area contributed by atoms with E-state index in [1.165, 1.54) is 0 Å². The van der Waals surface area contributed by atoms with Crippen LogP contribution in [0.25, 0.3) is 21.7 Å². The fourth-order valence-electron chi connectivity index (χ4n) is 3.69. The fraction of sp³-hybridized carbons (Fsp3) is 0.174. The summed E-state index contributed by atoms with van der Waals surface area (Å²) < 4.78 is 17.2.